The van der Waals surface area contributed by atoms with Crippen LogP contribution in [-0.2, 0) is 20.7 Å². The highest BCUT2D eigenvalue weighted by molar-refractivity contribution is 5.89. The molecule has 2 aliphatic heterocycles. The summed E-state index contributed by atoms with van der Waals surface area (Å²) in [5.41, 5.74) is 4.38. The Morgan fingerprint density at radius 3 is 2.89 bits per heavy atom. The van der Waals surface area contributed by atoms with Crippen LogP contribution in [0.2, 0.25) is 0 Å². The third-order valence-electron chi connectivity index (χ3n) is 5.59. The number of esters is 1. The molecule has 0 spiro atoms. The van der Waals surface area contributed by atoms with Crippen molar-refractivity contribution in [3.8, 4) is 0 Å². The number of methoxy groups -OCH3 is 1. The van der Waals surface area contributed by atoms with Gasteiger partial charge in [-0.25, -0.2) is 4.79 Å². The van der Waals surface area contributed by atoms with Crippen molar-refractivity contribution in [1.82, 2.24) is 10.3 Å². The van der Waals surface area contributed by atoms with E-state index in [1.807, 2.05) is 19.9 Å². The molecule has 0 saturated heterocycles. The highest BCUT2D eigenvalue weighted by atomic mass is 16.5. The minimum absolute atomic E-state index is 0.0172. The zero-order chi connectivity index (χ0) is 20.1. The van der Waals surface area contributed by atoms with Gasteiger partial charge in [-0.3, -0.25) is 0 Å². The van der Waals surface area contributed by atoms with Gasteiger partial charge in [-0.1, -0.05) is 38.1 Å². The maximum atomic E-state index is 12.2. The number of aromatic amines is 1. The number of ether oxygens (including phenoxy) is 2. The summed E-state index contributed by atoms with van der Waals surface area (Å²) in [6.07, 6.45) is 5.25. The van der Waals surface area contributed by atoms with Crippen LogP contribution >= 0.6 is 0 Å². The molecule has 2 N–H and O–H groups in total. The fraction of sp³-hybridized carbons (Fsp3) is 0.435. The molecule has 5 heteroatoms. The van der Waals surface area contributed by atoms with Gasteiger partial charge >= 0.3 is 5.97 Å². The number of fused-ring (bicyclic) bond motifs is 3. The predicted octanol–water partition coefficient (Wildman–Crippen LogP) is 4.28. The van der Waals surface area contributed by atoms with Gasteiger partial charge < -0.3 is 19.8 Å². The van der Waals surface area contributed by atoms with Crippen LogP contribution in [0, 0.1) is 11.8 Å². The molecule has 2 aromatic rings. The van der Waals surface area contributed by atoms with Crippen molar-refractivity contribution in [2.75, 3.05) is 20.3 Å². The largest absolute Gasteiger partial charge is 0.500 e. The van der Waals surface area contributed by atoms with Gasteiger partial charge in [-0.15, -0.1) is 6.58 Å². The van der Waals surface area contributed by atoms with E-state index in [0.717, 1.165) is 19.4 Å². The van der Waals surface area contributed by atoms with Gasteiger partial charge in [0, 0.05) is 34.5 Å². The molecule has 0 fully saturated rings. The standard InChI is InChI=1S/C21H24N2O3.C2H6/c1-3-13-11-26-12-17(21(24)25-2)16(13)10-19-20-15(8-9-22-19)14-6-4-5-7-18(14)23-20;1-2/h3-7,12-13,16,19,22-23H,1,8-11H2,2H3;1-2H3/t13-,16-,19-;/m0./s1. The Balaban J connectivity index is 0.00000109. The molecule has 150 valence electrons. The molecule has 0 aliphatic carbocycles. The highest BCUT2D eigenvalue weighted by Gasteiger charge is 2.36. The molecule has 3 heterocycles. The van der Waals surface area contributed by atoms with E-state index < -0.39 is 0 Å². The van der Waals surface area contributed by atoms with E-state index >= 15 is 0 Å². The predicted molar refractivity (Wildman–Crippen MR) is 112 cm³/mol. The molecule has 0 saturated carbocycles. The molecule has 5 nitrogen and oxygen atoms in total. The number of para-hydroxylation sites is 1. The fourth-order valence-electron chi connectivity index (χ4n) is 4.25. The molecule has 1 aromatic carbocycles. The van der Waals surface area contributed by atoms with Crippen LogP contribution in [0.15, 0.2) is 48.8 Å². The summed E-state index contributed by atoms with van der Waals surface area (Å²) in [4.78, 5) is 15.8. The minimum Gasteiger partial charge on any atom is -0.500 e. The van der Waals surface area contributed by atoms with Crippen LogP contribution < -0.4 is 5.32 Å². The van der Waals surface area contributed by atoms with Gasteiger partial charge in [0.05, 0.1) is 25.6 Å². The Bertz CT molecular complexity index is 868. The lowest BCUT2D eigenvalue weighted by Gasteiger charge is -2.34. The van der Waals surface area contributed by atoms with E-state index in [1.54, 1.807) is 6.26 Å². The number of nitrogens with one attached hydrogen (secondary N) is 2. The summed E-state index contributed by atoms with van der Waals surface area (Å²) in [7, 11) is 1.41. The number of H-pyrrole nitrogens is 1. The first-order valence-corrected chi connectivity index (χ1v) is 10.1. The normalized spacial score (nSPS) is 23.5. The maximum absolute atomic E-state index is 12.2. The van der Waals surface area contributed by atoms with Gasteiger partial charge in [0.1, 0.15) is 0 Å². The first kappa shape index (κ1) is 20.2. The first-order chi connectivity index (χ1) is 13.7. The van der Waals surface area contributed by atoms with Crippen LogP contribution in [0.25, 0.3) is 10.9 Å². The Morgan fingerprint density at radius 1 is 1.36 bits per heavy atom. The Labute approximate surface area is 166 Å². The third-order valence-corrected chi connectivity index (χ3v) is 5.59. The van der Waals surface area contributed by atoms with Crippen molar-refractivity contribution in [3.05, 3.63) is 60.0 Å². The zero-order valence-corrected chi connectivity index (χ0v) is 17.0. The van der Waals surface area contributed by atoms with E-state index in [-0.39, 0.29) is 23.8 Å². The maximum Gasteiger partial charge on any atom is 0.337 e. The van der Waals surface area contributed by atoms with Crippen LogP contribution in [-0.4, -0.2) is 31.2 Å². The third kappa shape index (κ3) is 3.72. The Morgan fingerprint density at radius 2 is 2.14 bits per heavy atom. The molecular formula is C23H30N2O3. The number of carbonyl (C=O) groups excluding carboxylic acids is 1. The van der Waals surface area contributed by atoms with Crippen LogP contribution in [0.4, 0.5) is 0 Å². The van der Waals surface area contributed by atoms with Gasteiger partial charge in [0.2, 0.25) is 0 Å². The van der Waals surface area contributed by atoms with Crippen molar-refractivity contribution < 1.29 is 14.3 Å². The van der Waals surface area contributed by atoms with Gasteiger partial charge in [0.15, 0.2) is 0 Å². The number of benzene rings is 1. The van der Waals surface area contributed by atoms with Gasteiger partial charge in [0.25, 0.3) is 0 Å². The zero-order valence-electron chi connectivity index (χ0n) is 17.0. The summed E-state index contributed by atoms with van der Waals surface area (Å²) in [5.74, 6) is -0.219. The van der Waals surface area contributed by atoms with Gasteiger partial charge in [-0.05, 0) is 31.0 Å². The van der Waals surface area contributed by atoms with Crippen molar-refractivity contribution in [2.45, 2.75) is 32.7 Å². The Hall–Kier alpha value is -2.53. The fourth-order valence-corrected chi connectivity index (χ4v) is 4.25. The van der Waals surface area contributed by atoms with Crippen LogP contribution in [0.1, 0.15) is 37.6 Å². The minimum atomic E-state index is -0.325. The second kappa shape index (κ2) is 9.11. The summed E-state index contributed by atoms with van der Waals surface area (Å²) in [6.45, 7) is 9.41. The Kier molecular flexibility index (Phi) is 6.57. The molecule has 0 unspecified atom stereocenters. The lowest BCUT2D eigenvalue weighted by Crippen LogP contribution is -2.36. The molecular weight excluding hydrogens is 352 g/mol. The summed E-state index contributed by atoms with van der Waals surface area (Å²) < 4.78 is 10.5. The highest BCUT2D eigenvalue weighted by Crippen LogP contribution is 2.38. The monoisotopic (exact) mass is 382 g/mol. The van der Waals surface area contributed by atoms with Crippen molar-refractivity contribution in [2.24, 2.45) is 11.8 Å². The van der Waals surface area contributed by atoms with Crippen molar-refractivity contribution in [3.63, 3.8) is 0 Å². The van der Waals surface area contributed by atoms with Crippen molar-refractivity contribution in [1.29, 1.82) is 0 Å². The number of rotatable bonds is 4. The molecule has 3 atom stereocenters. The van der Waals surface area contributed by atoms with E-state index in [0.29, 0.717) is 12.2 Å². The smallest absolute Gasteiger partial charge is 0.337 e. The first-order valence-electron chi connectivity index (χ1n) is 10.1. The van der Waals surface area contributed by atoms with E-state index in [9.17, 15) is 4.79 Å². The molecule has 1 aromatic heterocycles. The average molecular weight is 383 g/mol. The SMILES string of the molecule is C=C[C@H]1COC=C(C(=O)OC)[C@H]1C[C@@H]1NCCc2c1[nH]c1ccccc21.CC. The summed E-state index contributed by atoms with van der Waals surface area (Å²) in [5, 5.41) is 4.92. The topological polar surface area (TPSA) is 63.4 Å². The van der Waals surface area contributed by atoms with Crippen LogP contribution in [0.3, 0.4) is 0 Å². The second-order valence-electron chi connectivity index (χ2n) is 6.96. The molecule has 4 rings (SSSR count). The number of hydrogen-bond donors (Lipinski definition) is 2. The van der Waals surface area contributed by atoms with E-state index in [2.05, 4.69) is 41.1 Å². The van der Waals surface area contributed by atoms with Crippen LogP contribution in [0.5, 0.6) is 0 Å². The summed E-state index contributed by atoms with van der Waals surface area (Å²) >= 11 is 0. The molecule has 0 radical (unpaired) electrons. The number of aromatic nitrogens is 1. The number of hydrogen-bond acceptors (Lipinski definition) is 4. The van der Waals surface area contributed by atoms with E-state index in [1.165, 1.54) is 29.3 Å². The summed E-state index contributed by atoms with van der Waals surface area (Å²) in [6, 6.07) is 8.58. The molecule has 2 aliphatic rings. The quantitative estimate of drug-likeness (QED) is 0.612. The second-order valence-corrected chi connectivity index (χ2v) is 6.96. The lowest BCUT2D eigenvalue weighted by atomic mass is 9.79. The lowest BCUT2D eigenvalue weighted by molar-refractivity contribution is -0.137. The average Bonchev–Trinajstić information content (AvgIpc) is 3.14. The van der Waals surface area contributed by atoms with Crippen molar-refractivity contribution >= 4 is 16.9 Å². The van der Waals surface area contributed by atoms with E-state index in [4.69, 9.17) is 9.47 Å². The van der Waals surface area contributed by atoms with Gasteiger partial charge in [-0.2, -0.15) is 0 Å². The molecule has 0 amide bonds. The number of carbonyl (C=O) groups is 1. The molecule has 0 bridgehead atoms. The molecule has 28 heavy (non-hydrogen) atoms.